The highest BCUT2D eigenvalue weighted by Gasteiger charge is 2.06. The summed E-state index contributed by atoms with van der Waals surface area (Å²) in [7, 11) is 0. The third kappa shape index (κ3) is 6.52. The number of benzene rings is 2. The van der Waals surface area contributed by atoms with Gasteiger partial charge in [-0.1, -0.05) is 23.7 Å². The van der Waals surface area contributed by atoms with Crippen LogP contribution in [0.2, 0.25) is 5.02 Å². The molecule has 0 aliphatic carbocycles. The van der Waals surface area contributed by atoms with Gasteiger partial charge in [0.15, 0.2) is 13.2 Å². The van der Waals surface area contributed by atoms with Gasteiger partial charge in [0.1, 0.15) is 11.5 Å². The fourth-order valence-electron chi connectivity index (χ4n) is 1.77. The minimum atomic E-state index is -1.10. The van der Waals surface area contributed by atoms with Crippen molar-refractivity contribution >= 4 is 52.3 Å². The predicted octanol–water partition coefficient (Wildman–Crippen LogP) is 2.94. The molecule has 0 radical (unpaired) electrons. The van der Waals surface area contributed by atoms with Crippen molar-refractivity contribution in [2.75, 3.05) is 13.2 Å². The van der Waals surface area contributed by atoms with Crippen molar-refractivity contribution < 1.29 is 24.2 Å². The number of hydrogen-bond donors (Lipinski definition) is 2. The molecule has 0 saturated carbocycles. The van der Waals surface area contributed by atoms with E-state index in [2.05, 4.69) is 33.1 Å². The van der Waals surface area contributed by atoms with Crippen molar-refractivity contribution in [2.45, 2.75) is 0 Å². The van der Waals surface area contributed by atoms with E-state index in [9.17, 15) is 9.59 Å². The molecule has 26 heavy (non-hydrogen) atoms. The molecule has 2 aromatic carbocycles. The van der Waals surface area contributed by atoms with Gasteiger partial charge in [-0.25, -0.2) is 10.2 Å². The van der Waals surface area contributed by atoms with Crippen LogP contribution in [0.1, 0.15) is 5.56 Å². The Morgan fingerprint density at radius 3 is 2.58 bits per heavy atom. The molecule has 0 spiro atoms. The van der Waals surface area contributed by atoms with Crippen LogP contribution in [-0.2, 0) is 9.59 Å². The Balaban J connectivity index is 1.83. The zero-order valence-corrected chi connectivity index (χ0v) is 16.2. The maximum atomic E-state index is 11.7. The molecule has 0 heterocycles. The van der Waals surface area contributed by atoms with E-state index in [1.807, 2.05) is 18.2 Å². The minimum Gasteiger partial charge on any atom is -0.483 e. The SMILES string of the molecule is O=C(O)COc1ccc(/C=N/NC(=O)COc2ccccc2I)cc1Cl. The third-order valence-corrected chi connectivity index (χ3v) is 4.09. The number of ether oxygens (including phenoxy) is 2. The molecular weight excluding hydrogens is 475 g/mol. The van der Waals surface area contributed by atoms with E-state index in [0.717, 1.165) is 3.57 Å². The summed E-state index contributed by atoms with van der Waals surface area (Å²) in [5, 5.41) is 12.6. The lowest BCUT2D eigenvalue weighted by atomic mass is 10.2. The first-order valence-corrected chi connectivity index (χ1v) is 8.75. The zero-order valence-electron chi connectivity index (χ0n) is 13.3. The number of hydrazone groups is 1. The Morgan fingerprint density at radius 2 is 1.88 bits per heavy atom. The van der Waals surface area contributed by atoms with E-state index < -0.39 is 18.5 Å². The Bertz CT molecular complexity index is 829. The molecule has 1 amide bonds. The summed E-state index contributed by atoms with van der Waals surface area (Å²) >= 11 is 8.12. The molecule has 2 N–H and O–H groups in total. The van der Waals surface area contributed by atoms with Gasteiger partial charge >= 0.3 is 5.97 Å². The van der Waals surface area contributed by atoms with E-state index >= 15 is 0 Å². The van der Waals surface area contributed by atoms with Crippen molar-refractivity contribution in [3.05, 3.63) is 56.6 Å². The fraction of sp³-hybridized carbons (Fsp3) is 0.118. The van der Waals surface area contributed by atoms with Crippen LogP contribution in [0.4, 0.5) is 0 Å². The summed E-state index contributed by atoms with van der Waals surface area (Å²) in [4.78, 5) is 22.2. The van der Waals surface area contributed by atoms with Gasteiger partial charge in [0.05, 0.1) is 14.8 Å². The highest BCUT2D eigenvalue weighted by Crippen LogP contribution is 2.24. The van der Waals surface area contributed by atoms with Gasteiger partial charge < -0.3 is 14.6 Å². The number of amides is 1. The second-order valence-corrected chi connectivity index (χ2v) is 6.45. The van der Waals surface area contributed by atoms with Crippen LogP contribution in [0.3, 0.4) is 0 Å². The summed E-state index contributed by atoms with van der Waals surface area (Å²) in [5.41, 5.74) is 2.95. The standard InChI is InChI=1S/C17H14ClIN2O5/c18-12-7-11(5-6-14(12)26-10-17(23)24)8-20-21-16(22)9-25-15-4-2-1-3-13(15)19/h1-8H,9-10H2,(H,21,22)(H,23,24)/b20-8+. The number of carboxylic acids is 1. The Hall–Kier alpha value is -2.33. The Labute approximate surface area is 168 Å². The largest absolute Gasteiger partial charge is 0.483 e. The summed E-state index contributed by atoms with van der Waals surface area (Å²) in [6.07, 6.45) is 1.40. The monoisotopic (exact) mass is 488 g/mol. The maximum Gasteiger partial charge on any atom is 0.341 e. The number of aliphatic carboxylic acids is 1. The molecule has 2 aromatic rings. The van der Waals surface area contributed by atoms with Gasteiger partial charge in [-0.05, 0) is 58.5 Å². The average Bonchev–Trinajstić information content (AvgIpc) is 2.60. The first kappa shape index (κ1) is 20.0. The molecule has 7 nitrogen and oxygen atoms in total. The zero-order chi connectivity index (χ0) is 18.9. The number of nitrogens with one attached hydrogen (secondary N) is 1. The van der Waals surface area contributed by atoms with Crippen LogP contribution in [0.25, 0.3) is 0 Å². The van der Waals surface area contributed by atoms with Crippen molar-refractivity contribution in [3.8, 4) is 11.5 Å². The van der Waals surface area contributed by atoms with E-state index in [-0.39, 0.29) is 17.4 Å². The molecule has 0 aromatic heterocycles. The smallest absolute Gasteiger partial charge is 0.341 e. The fourth-order valence-corrected chi connectivity index (χ4v) is 2.56. The molecule has 136 valence electrons. The minimum absolute atomic E-state index is 0.167. The third-order valence-electron chi connectivity index (χ3n) is 2.91. The number of nitrogens with zero attached hydrogens (tertiary/aromatic N) is 1. The summed E-state index contributed by atoms with van der Waals surface area (Å²) in [6, 6.07) is 12.0. The molecule has 0 saturated heterocycles. The topological polar surface area (TPSA) is 97.2 Å². The number of halogens is 2. The van der Waals surface area contributed by atoms with E-state index in [1.165, 1.54) is 18.3 Å². The maximum absolute atomic E-state index is 11.7. The van der Waals surface area contributed by atoms with Crippen LogP contribution in [0, 0.1) is 3.57 Å². The predicted molar refractivity (Wildman–Crippen MR) is 105 cm³/mol. The van der Waals surface area contributed by atoms with Gasteiger partial charge in [0.2, 0.25) is 0 Å². The van der Waals surface area contributed by atoms with Crippen LogP contribution in [0.5, 0.6) is 11.5 Å². The Morgan fingerprint density at radius 1 is 1.15 bits per heavy atom. The number of hydrogen-bond acceptors (Lipinski definition) is 5. The number of carbonyl (C=O) groups is 2. The molecule has 0 atom stereocenters. The van der Waals surface area contributed by atoms with Gasteiger partial charge in [-0.3, -0.25) is 4.79 Å². The second-order valence-electron chi connectivity index (χ2n) is 4.88. The molecule has 0 aliphatic heterocycles. The molecule has 0 bridgehead atoms. The molecule has 0 unspecified atom stereocenters. The van der Waals surface area contributed by atoms with Crippen molar-refractivity contribution in [3.63, 3.8) is 0 Å². The van der Waals surface area contributed by atoms with Gasteiger partial charge in [-0.2, -0.15) is 5.10 Å². The number of para-hydroxylation sites is 1. The van der Waals surface area contributed by atoms with Crippen molar-refractivity contribution in [1.29, 1.82) is 0 Å². The quantitative estimate of drug-likeness (QED) is 0.338. The first-order valence-electron chi connectivity index (χ1n) is 7.29. The Kier molecular flexibility index (Phi) is 7.67. The lowest BCUT2D eigenvalue weighted by Crippen LogP contribution is -2.24. The molecule has 9 heteroatoms. The number of rotatable bonds is 8. The summed E-state index contributed by atoms with van der Waals surface area (Å²) in [6.45, 7) is -0.649. The van der Waals surface area contributed by atoms with E-state index in [0.29, 0.717) is 11.3 Å². The normalized spacial score (nSPS) is 10.5. The molecular formula is C17H14ClIN2O5. The van der Waals surface area contributed by atoms with Crippen LogP contribution in [-0.4, -0.2) is 36.4 Å². The average molecular weight is 489 g/mol. The highest BCUT2D eigenvalue weighted by molar-refractivity contribution is 14.1. The second kappa shape index (κ2) is 9.97. The van der Waals surface area contributed by atoms with Crippen molar-refractivity contribution in [2.24, 2.45) is 5.10 Å². The van der Waals surface area contributed by atoms with E-state index in [1.54, 1.807) is 12.1 Å². The molecule has 0 aliphatic rings. The summed E-state index contributed by atoms with van der Waals surface area (Å²) < 4.78 is 11.3. The lowest BCUT2D eigenvalue weighted by Gasteiger charge is -2.07. The number of carbonyl (C=O) groups excluding carboxylic acids is 1. The van der Waals surface area contributed by atoms with Crippen LogP contribution < -0.4 is 14.9 Å². The van der Waals surface area contributed by atoms with Gasteiger partial charge in [0.25, 0.3) is 5.91 Å². The first-order chi connectivity index (χ1) is 12.5. The highest BCUT2D eigenvalue weighted by atomic mass is 127. The lowest BCUT2D eigenvalue weighted by molar-refractivity contribution is -0.139. The van der Waals surface area contributed by atoms with E-state index in [4.69, 9.17) is 26.2 Å². The van der Waals surface area contributed by atoms with Gasteiger partial charge in [0, 0.05) is 0 Å². The van der Waals surface area contributed by atoms with Crippen LogP contribution >= 0.6 is 34.2 Å². The summed E-state index contributed by atoms with van der Waals surface area (Å²) in [5.74, 6) is -0.632. The molecule has 0 fully saturated rings. The number of carboxylic acid groups (broad SMARTS) is 1. The van der Waals surface area contributed by atoms with Crippen molar-refractivity contribution in [1.82, 2.24) is 5.43 Å². The molecule has 2 rings (SSSR count). The van der Waals surface area contributed by atoms with Gasteiger partial charge in [-0.15, -0.1) is 0 Å². The van der Waals surface area contributed by atoms with Crippen LogP contribution in [0.15, 0.2) is 47.6 Å².